The maximum absolute atomic E-state index is 12.7. The van der Waals surface area contributed by atoms with Crippen LogP contribution in [0.4, 0.5) is 0 Å². The minimum atomic E-state index is -3.29. The fraction of sp³-hybridized carbons (Fsp3) is 0.333. The quantitative estimate of drug-likeness (QED) is 0.576. The molecule has 29 heavy (non-hydrogen) atoms. The number of carbonyl (C=O) groups excluding carboxylic acids is 1. The predicted molar refractivity (Wildman–Crippen MR) is 121 cm³/mol. The van der Waals surface area contributed by atoms with Crippen LogP contribution in [0.25, 0.3) is 10.2 Å². The van der Waals surface area contributed by atoms with Gasteiger partial charge >= 0.3 is 0 Å². The van der Waals surface area contributed by atoms with Gasteiger partial charge in [-0.1, -0.05) is 35.1 Å². The highest BCUT2D eigenvalue weighted by Crippen LogP contribution is 2.22. The Hall–Kier alpha value is -1.90. The lowest BCUT2D eigenvalue weighted by atomic mass is 10.0. The monoisotopic (exact) mass is 448 g/mol. The van der Waals surface area contributed by atoms with Crippen molar-refractivity contribution in [2.45, 2.75) is 31.7 Å². The van der Waals surface area contributed by atoms with E-state index >= 15 is 0 Å². The van der Waals surface area contributed by atoms with Crippen LogP contribution in [0.5, 0.6) is 0 Å². The van der Waals surface area contributed by atoms with Gasteiger partial charge < -0.3 is 4.57 Å². The molecule has 1 aromatic heterocycles. The molecule has 0 radical (unpaired) electrons. The molecule has 0 N–H and O–H groups in total. The number of aryl methyl sites for hydroxylation is 3. The Labute approximate surface area is 179 Å². The van der Waals surface area contributed by atoms with Crippen LogP contribution >= 0.6 is 23.1 Å². The minimum absolute atomic E-state index is 0.204. The van der Waals surface area contributed by atoms with E-state index in [1.54, 1.807) is 30.0 Å². The van der Waals surface area contributed by atoms with E-state index in [0.717, 1.165) is 32.7 Å². The molecule has 0 aliphatic rings. The van der Waals surface area contributed by atoms with Gasteiger partial charge in [-0.2, -0.15) is 16.8 Å². The van der Waals surface area contributed by atoms with Crippen molar-refractivity contribution < 1.29 is 13.2 Å². The van der Waals surface area contributed by atoms with Crippen molar-refractivity contribution in [3.8, 4) is 0 Å². The number of benzene rings is 2. The van der Waals surface area contributed by atoms with Gasteiger partial charge in [0.25, 0.3) is 5.91 Å². The molecule has 0 spiro atoms. The van der Waals surface area contributed by atoms with E-state index in [-0.39, 0.29) is 17.2 Å². The Morgan fingerprint density at radius 3 is 2.59 bits per heavy atom. The van der Waals surface area contributed by atoms with Crippen LogP contribution in [0.2, 0.25) is 0 Å². The highest BCUT2D eigenvalue weighted by Gasteiger charge is 2.13. The van der Waals surface area contributed by atoms with Crippen LogP contribution in [0, 0.1) is 13.8 Å². The average Bonchev–Trinajstić information content (AvgIpc) is 2.97. The Morgan fingerprint density at radius 1 is 1.17 bits per heavy atom. The summed E-state index contributed by atoms with van der Waals surface area (Å²) < 4.78 is 26.6. The molecule has 1 amide bonds. The molecule has 0 atom stereocenters. The lowest BCUT2D eigenvalue weighted by Gasteiger charge is -2.05. The first-order chi connectivity index (χ1) is 13.7. The summed E-state index contributed by atoms with van der Waals surface area (Å²) in [5.41, 5.74) is 4.12. The van der Waals surface area contributed by atoms with Gasteiger partial charge in [-0.15, -0.1) is 0 Å². The number of sulfone groups is 1. The van der Waals surface area contributed by atoms with E-state index in [1.807, 2.05) is 36.8 Å². The maximum Gasteiger partial charge on any atom is 0.252 e. The number of amides is 1. The topological polar surface area (TPSA) is 68.5 Å². The Bertz CT molecular complexity index is 1240. The van der Waals surface area contributed by atoms with Gasteiger partial charge in [0.1, 0.15) is 0 Å². The fourth-order valence-corrected chi connectivity index (χ4v) is 5.32. The molecule has 8 heteroatoms. The van der Waals surface area contributed by atoms with Crippen molar-refractivity contribution in [2.24, 2.45) is 4.99 Å². The summed E-state index contributed by atoms with van der Waals surface area (Å²) in [7, 11) is -3.29. The molecule has 0 saturated heterocycles. The van der Waals surface area contributed by atoms with E-state index in [9.17, 15) is 13.2 Å². The molecule has 0 aliphatic heterocycles. The zero-order chi connectivity index (χ0) is 21.2. The summed E-state index contributed by atoms with van der Waals surface area (Å²) in [5.74, 6) is 0.669. The number of fused-ring (bicyclic) bond motifs is 1. The average molecular weight is 449 g/mol. The zero-order valence-electron chi connectivity index (χ0n) is 16.9. The number of rotatable bonds is 6. The first kappa shape index (κ1) is 21.8. The molecule has 1 heterocycles. The molecule has 0 aliphatic carbocycles. The van der Waals surface area contributed by atoms with Crippen molar-refractivity contribution in [1.82, 2.24) is 4.57 Å². The molecule has 5 nitrogen and oxygen atoms in total. The molecule has 3 rings (SSSR count). The number of nitrogens with zero attached hydrogens (tertiary/aromatic N) is 2. The van der Waals surface area contributed by atoms with Crippen LogP contribution in [0.1, 0.15) is 16.7 Å². The predicted octanol–water partition coefficient (Wildman–Crippen LogP) is 3.76. The summed E-state index contributed by atoms with van der Waals surface area (Å²) in [5, 5.41) is 0. The molecule has 0 fully saturated rings. The van der Waals surface area contributed by atoms with Gasteiger partial charge in [0.05, 0.1) is 21.5 Å². The molecule has 0 bridgehead atoms. The van der Waals surface area contributed by atoms with E-state index in [4.69, 9.17) is 0 Å². The molecule has 3 aromatic rings. The Balaban J connectivity index is 2.04. The van der Waals surface area contributed by atoms with E-state index in [1.165, 1.54) is 17.6 Å². The smallest absolute Gasteiger partial charge is 0.252 e. The highest BCUT2D eigenvalue weighted by atomic mass is 32.2. The highest BCUT2D eigenvalue weighted by molar-refractivity contribution is 7.98. The maximum atomic E-state index is 12.7. The third-order valence-corrected chi connectivity index (χ3v) is 7.40. The lowest BCUT2D eigenvalue weighted by Crippen LogP contribution is -2.18. The molecule has 0 saturated carbocycles. The number of hydrogen-bond donors (Lipinski definition) is 0. The van der Waals surface area contributed by atoms with Crippen LogP contribution in [0.15, 0.2) is 46.3 Å². The Kier molecular flexibility index (Phi) is 6.65. The molecular formula is C21H24N2O3S3. The second-order valence-corrected chi connectivity index (χ2v) is 11.1. The second kappa shape index (κ2) is 8.85. The Morgan fingerprint density at radius 2 is 1.93 bits per heavy atom. The number of thiazole rings is 1. The number of carbonyl (C=O) groups is 1. The number of thioether (sulfide) groups is 1. The van der Waals surface area contributed by atoms with Crippen molar-refractivity contribution in [3.63, 3.8) is 0 Å². The SMILES string of the molecule is CSCCn1c(=NC(=O)Cc2ccc(C)cc2C)sc2cc(S(C)(=O)=O)ccc21. The van der Waals surface area contributed by atoms with E-state index < -0.39 is 9.84 Å². The van der Waals surface area contributed by atoms with Gasteiger partial charge in [-0.25, -0.2) is 8.42 Å². The van der Waals surface area contributed by atoms with Crippen molar-refractivity contribution in [2.75, 3.05) is 18.3 Å². The largest absolute Gasteiger partial charge is 0.316 e. The minimum Gasteiger partial charge on any atom is -0.316 e. The van der Waals surface area contributed by atoms with Crippen LogP contribution in [-0.4, -0.2) is 37.2 Å². The van der Waals surface area contributed by atoms with Gasteiger partial charge in [0, 0.05) is 18.6 Å². The summed E-state index contributed by atoms with van der Waals surface area (Å²) in [4.78, 5) is 17.9. The first-order valence-corrected chi connectivity index (χ1v) is 13.3. The normalized spacial score (nSPS) is 12.6. The van der Waals surface area contributed by atoms with Crippen LogP contribution < -0.4 is 4.80 Å². The van der Waals surface area contributed by atoms with E-state index in [0.29, 0.717) is 11.3 Å². The van der Waals surface area contributed by atoms with E-state index in [2.05, 4.69) is 11.1 Å². The van der Waals surface area contributed by atoms with Crippen molar-refractivity contribution >= 4 is 49.1 Å². The summed E-state index contributed by atoms with van der Waals surface area (Å²) >= 11 is 3.06. The molecule has 154 valence electrons. The van der Waals surface area contributed by atoms with Crippen LogP contribution in [-0.2, 0) is 27.6 Å². The fourth-order valence-electron chi connectivity index (χ4n) is 3.12. The van der Waals surface area contributed by atoms with Gasteiger partial charge in [0.15, 0.2) is 14.6 Å². The zero-order valence-corrected chi connectivity index (χ0v) is 19.4. The van der Waals surface area contributed by atoms with Gasteiger partial charge in [0.2, 0.25) is 0 Å². The summed E-state index contributed by atoms with van der Waals surface area (Å²) in [6.07, 6.45) is 3.47. The lowest BCUT2D eigenvalue weighted by molar-refractivity contribution is -0.117. The molecular weight excluding hydrogens is 424 g/mol. The summed E-state index contributed by atoms with van der Waals surface area (Å²) in [6, 6.07) is 11.1. The first-order valence-electron chi connectivity index (χ1n) is 9.15. The van der Waals surface area contributed by atoms with Crippen molar-refractivity contribution in [1.29, 1.82) is 0 Å². The van der Waals surface area contributed by atoms with Crippen LogP contribution in [0.3, 0.4) is 0 Å². The third kappa shape index (κ3) is 5.18. The standard InChI is InChI=1S/C21H24N2O3S3/c1-14-5-6-16(15(2)11-14)12-20(24)22-21-23(9-10-27-3)18-8-7-17(29(4,25)26)13-19(18)28-21/h5-8,11,13H,9-10,12H2,1-4H3. The number of aromatic nitrogens is 1. The molecule has 2 aromatic carbocycles. The number of hydrogen-bond acceptors (Lipinski definition) is 5. The van der Waals surface area contributed by atoms with Gasteiger partial charge in [-0.05, 0) is 49.4 Å². The van der Waals surface area contributed by atoms with Crippen molar-refractivity contribution in [3.05, 3.63) is 57.9 Å². The second-order valence-electron chi connectivity index (χ2n) is 7.04. The third-order valence-electron chi connectivity index (χ3n) is 4.66. The van der Waals surface area contributed by atoms with Gasteiger partial charge in [-0.3, -0.25) is 4.79 Å². The molecule has 0 unspecified atom stereocenters. The summed E-state index contributed by atoms with van der Waals surface area (Å²) in [6.45, 7) is 4.73.